The second kappa shape index (κ2) is 8.04. The van der Waals surface area contributed by atoms with Crippen LogP contribution in [0.5, 0.6) is 0 Å². The van der Waals surface area contributed by atoms with Crippen LogP contribution in [-0.4, -0.2) is 11.1 Å². The van der Waals surface area contributed by atoms with E-state index >= 15 is 0 Å². The zero-order valence-corrected chi connectivity index (χ0v) is 13.5. The van der Waals surface area contributed by atoms with E-state index in [1.807, 2.05) is 0 Å². The highest BCUT2D eigenvalue weighted by Gasteiger charge is 2.15. The van der Waals surface area contributed by atoms with Crippen LogP contribution in [0.2, 0.25) is 0 Å². The lowest BCUT2D eigenvalue weighted by atomic mass is 9.98. The third-order valence-corrected chi connectivity index (χ3v) is 3.91. The molecule has 0 radical (unpaired) electrons. The van der Waals surface area contributed by atoms with E-state index in [0.717, 1.165) is 19.5 Å². The molecule has 0 fully saturated rings. The van der Waals surface area contributed by atoms with Crippen molar-refractivity contribution in [2.45, 2.75) is 46.2 Å². The molecule has 0 aliphatic carbocycles. The summed E-state index contributed by atoms with van der Waals surface area (Å²) in [5.41, 5.74) is 2.81. The summed E-state index contributed by atoms with van der Waals surface area (Å²) in [4.78, 5) is 0. The molecule has 1 atom stereocenters. The molecule has 21 heavy (non-hydrogen) atoms. The van der Waals surface area contributed by atoms with Gasteiger partial charge in [0.2, 0.25) is 0 Å². The molecule has 2 heteroatoms. The summed E-state index contributed by atoms with van der Waals surface area (Å²) in [5, 5.41) is 3.66. The molecular formula is C19H28N2. The maximum absolute atomic E-state index is 3.66. The molecule has 114 valence electrons. The van der Waals surface area contributed by atoms with E-state index in [1.165, 1.54) is 17.5 Å². The van der Waals surface area contributed by atoms with E-state index in [9.17, 15) is 0 Å². The van der Waals surface area contributed by atoms with Crippen LogP contribution in [0.15, 0.2) is 48.8 Å². The first kappa shape index (κ1) is 15.8. The predicted molar refractivity (Wildman–Crippen MR) is 90.5 cm³/mol. The first-order valence-corrected chi connectivity index (χ1v) is 8.13. The molecule has 2 rings (SSSR count). The van der Waals surface area contributed by atoms with Crippen molar-refractivity contribution in [1.29, 1.82) is 0 Å². The minimum absolute atomic E-state index is 0.461. The van der Waals surface area contributed by atoms with Crippen LogP contribution in [0.4, 0.5) is 0 Å². The molecule has 0 spiro atoms. The van der Waals surface area contributed by atoms with Crippen LogP contribution < -0.4 is 5.32 Å². The number of hydrogen-bond donors (Lipinski definition) is 1. The fraction of sp³-hybridized carbons (Fsp3) is 0.474. The molecule has 0 bridgehead atoms. The highest BCUT2D eigenvalue weighted by atomic mass is 15.0. The number of hydrogen-bond acceptors (Lipinski definition) is 1. The summed E-state index contributed by atoms with van der Waals surface area (Å²) < 4.78 is 2.31. The first-order valence-electron chi connectivity index (χ1n) is 8.13. The maximum Gasteiger partial charge on any atom is 0.0358 e. The van der Waals surface area contributed by atoms with Gasteiger partial charge < -0.3 is 9.88 Å². The fourth-order valence-corrected chi connectivity index (χ4v) is 2.72. The molecule has 1 unspecified atom stereocenters. The van der Waals surface area contributed by atoms with Gasteiger partial charge in [0.25, 0.3) is 0 Å². The first-order chi connectivity index (χ1) is 10.2. The topological polar surface area (TPSA) is 17.0 Å². The van der Waals surface area contributed by atoms with Gasteiger partial charge in [0.1, 0.15) is 0 Å². The molecule has 0 aliphatic heterocycles. The van der Waals surface area contributed by atoms with Crippen molar-refractivity contribution in [2.24, 2.45) is 5.92 Å². The SMILES string of the molecule is CCCNC(c1ccn(CCc2ccccc2)c1)C(C)C. The molecule has 0 amide bonds. The molecule has 0 saturated heterocycles. The van der Waals surface area contributed by atoms with Gasteiger partial charge >= 0.3 is 0 Å². The lowest BCUT2D eigenvalue weighted by Gasteiger charge is -2.21. The van der Waals surface area contributed by atoms with E-state index in [-0.39, 0.29) is 0 Å². The van der Waals surface area contributed by atoms with Crippen LogP contribution in [0.1, 0.15) is 44.4 Å². The standard InChI is InChI=1S/C19H28N2/c1-4-12-20-19(16(2)3)18-11-14-21(15-18)13-10-17-8-6-5-7-9-17/h5-9,11,14-16,19-20H,4,10,12-13H2,1-3H3. The van der Waals surface area contributed by atoms with Crippen molar-refractivity contribution in [1.82, 2.24) is 9.88 Å². The third kappa shape index (κ3) is 4.75. The highest BCUT2D eigenvalue weighted by molar-refractivity contribution is 5.18. The molecular weight excluding hydrogens is 256 g/mol. The Balaban J connectivity index is 1.96. The van der Waals surface area contributed by atoms with Gasteiger partial charge in [0.05, 0.1) is 0 Å². The summed E-state index contributed by atoms with van der Waals surface area (Å²) in [5.74, 6) is 0.613. The van der Waals surface area contributed by atoms with Gasteiger partial charge in [0.15, 0.2) is 0 Å². The molecule has 2 nitrogen and oxygen atoms in total. The molecule has 1 heterocycles. The fourth-order valence-electron chi connectivity index (χ4n) is 2.72. The van der Waals surface area contributed by atoms with Crippen LogP contribution >= 0.6 is 0 Å². The van der Waals surface area contributed by atoms with Crippen molar-refractivity contribution in [2.75, 3.05) is 6.54 Å². The number of rotatable bonds is 8. The molecule has 0 saturated carbocycles. The Labute approximate surface area is 129 Å². The Hall–Kier alpha value is -1.54. The van der Waals surface area contributed by atoms with Crippen molar-refractivity contribution in [3.8, 4) is 0 Å². The zero-order valence-electron chi connectivity index (χ0n) is 13.5. The molecule has 2 aromatic rings. The van der Waals surface area contributed by atoms with E-state index in [0.29, 0.717) is 12.0 Å². The average molecular weight is 284 g/mol. The maximum atomic E-state index is 3.66. The Morgan fingerprint density at radius 2 is 1.86 bits per heavy atom. The van der Waals surface area contributed by atoms with Gasteiger partial charge in [0, 0.05) is 25.0 Å². The van der Waals surface area contributed by atoms with Crippen molar-refractivity contribution in [3.05, 3.63) is 59.9 Å². The minimum atomic E-state index is 0.461. The number of aromatic nitrogens is 1. The summed E-state index contributed by atoms with van der Waals surface area (Å²) in [6, 6.07) is 13.4. The van der Waals surface area contributed by atoms with Crippen molar-refractivity contribution in [3.63, 3.8) is 0 Å². The summed E-state index contributed by atoms with van der Waals surface area (Å²) in [6.45, 7) is 8.92. The van der Waals surface area contributed by atoms with Crippen LogP contribution in [-0.2, 0) is 13.0 Å². The molecule has 1 N–H and O–H groups in total. The van der Waals surface area contributed by atoms with E-state index in [1.54, 1.807) is 0 Å². The lowest BCUT2D eigenvalue weighted by molar-refractivity contribution is 0.412. The lowest BCUT2D eigenvalue weighted by Crippen LogP contribution is -2.26. The minimum Gasteiger partial charge on any atom is -0.354 e. The third-order valence-electron chi connectivity index (χ3n) is 3.91. The predicted octanol–water partition coefficient (Wildman–Crippen LogP) is 4.43. The second-order valence-electron chi connectivity index (χ2n) is 6.09. The number of aryl methyl sites for hydroxylation is 2. The second-order valence-corrected chi connectivity index (χ2v) is 6.09. The Morgan fingerprint density at radius 1 is 1.10 bits per heavy atom. The van der Waals surface area contributed by atoms with Crippen LogP contribution in [0, 0.1) is 5.92 Å². The van der Waals surface area contributed by atoms with Gasteiger partial charge in [-0.25, -0.2) is 0 Å². The van der Waals surface area contributed by atoms with Crippen LogP contribution in [0.25, 0.3) is 0 Å². The van der Waals surface area contributed by atoms with E-state index in [2.05, 4.69) is 79.4 Å². The van der Waals surface area contributed by atoms with Crippen molar-refractivity contribution < 1.29 is 0 Å². The molecule has 1 aromatic heterocycles. The van der Waals surface area contributed by atoms with Gasteiger partial charge in [-0.15, -0.1) is 0 Å². The van der Waals surface area contributed by atoms with Gasteiger partial charge in [-0.05, 0) is 42.5 Å². The van der Waals surface area contributed by atoms with Gasteiger partial charge in [-0.2, -0.15) is 0 Å². The summed E-state index contributed by atoms with van der Waals surface area (Å²) >= 11 is 0. The molecule has 0 aliphatic rings. The van der Waals surface area contributed by atoms with E-state index < -0.39 is 0 Å². The van der Waals surface area contributed by atoms with Crippen LogP contribution in [0.3, 0.4) is 0 Å². The zero-order chi connectivity index (χ0) is 15.1. The smallest absolute Gasteiger partial charge is 0.0358 e. The average Bonchev–Trinajstić information content (AvgIpc) is 2.95. The number of nitrogens with one attached hydrogen (secondary N) is 1. The Bertz CT molecular complexity index is 513. The molecule has 1 aromatic carbocycles. The quantitative estimate of drug-likeness (QED) is 0.759. The highest BCUT2D eigenvalue weighted by Crippen LogP contribution is 2.22. The van der Waals surface area contributed by atoms with Gasteiger partial charge in [-0.1, -0.05) is 51.1 Å². The normalized spacial score (nSPS) is 12.8. The van der Waals surface area contributed by atoms with E-state index in [4.69, 9.17) is 0 Å². The van der Waals surface area contributed by atoms with Gasteiger partial charge in [-0.3, -0.25) is 0 Å². The Kier molecular flexibility index (Phi) is 6.06. The summed E-state index contributed by atoms with van der Waals surface area (Å²) in [7, 11) is 0. The Morgan fingerprint density at radius 3 is 2.52 bits per heavy atom. The number of nitrogens with zero attached hydrogens (tertiary/aromatic N) is 1. The summed E-state index contributed by atoms with van der Waals surface area (Å²) in [6.07, 6.45) is 6.78. The largest absolute Gasteiger partial charge is 0.354 e. The monoisotopic (exact) mass is 284 g/mol. The van der Waals surface area contributed by atoms with Crippen molar-refractivity contribution >= 4 is 0 Å². The number of benzene rings is 1.